The molecule has 0 N–H and O–H groups in total. The lowest BCUT2D eigenvalue weighted by Crippen LogP contribution is -1.96. The molecule has 0 unspecified atom stereocenters. The first-order chi connectivity index (χ1) is 8.16. The average molecular weight is 250 g/mol. The predicted molar refractivity (Wildman–Crippen MR) is 60.0 cm³/mol. The van der Waals surface area contributed by atoms with Crippen LogP contribution in [0.15, 0.2) is 24.5 Å². The number of nitrogens with zero attached hydrogens (tertiary/aromatic N) is 5. The zero-order valence-corrected chi connectivity index (χ0v) is 9.00. The molecule has 0 saturated carbocycles. The Morgan fingerprint density at radius 2 is 2.18 bits per heavy atom. The van der Waals surface area contributed by atoms with Crippen molar-refractivity contribution in [3.8, 4) is 0 Å². The molecule has 3 aromatic rings. The van der Waals surface area contributed by atoms with Crippen molar-refractivity contribution in [2.75, 3.05) is 0 Å². The molecule has 0 radical (unpaired) electrons. The first-order valence-electron chi connectivity index (χ1n) is 4.60. The summed E-state index contributed by atoms with van der Waals surface area (Å²) in [6.07, 6.45) is 1.35. The average Bonchev–Trinajstić information content (AvgIpc) is 2.72. The van der Waals surface area contributed by atoms with Gasteiger partial charge in [-0.05, 0) is 28.1 Å². The van der Waals surface area contributed by atoms with E-state index in [4.69, 9.17) is 11.6 Å². The highest BCUT2D eigenvalue weighted by Gasteiger charge is 2.19. The maximum Gasteiger partial charge on any atom is 0.411 e. The van der Waals surface area contributed by atoms with Crippen LogP contribution in [0.1, 0.15) is 0 Å². The predicted octanol–water partition coefficient (Wildman–Crippen LogP) is 1.84. The second kappa shape index (κ2) is 3.36. The number of halogens is 1. The highest BCUT2D eigenvalue weighted by atomic mass is 35.5. The van der Waals surface area contributed by atoms with Gasteiger partial charge >= 0.3 is 5.82 Å². The summed E-state index contributed by atoms with van der Waals surface area (Å²) in [5, 5.41) is 18.9. The van der Waals surface area contributed by atoms with E-state index < -0.39 is 4.92 Å². The van der Waals surface area contributed by atoms with Crippen molar-refractivity contribution in [3.05, 3.63) is 39.7 Å². The van der Waals surface area contributed by atoms with Gasteiger partial charge in [0.2, 0.25) is 6.33 Å². The van der Waals surface area contributed by atoms with Crippen LogP contribution in [0.5, 0.6) is 0 Å². The Bertz CT molecular complexity index is 754. The van der Waals surface area contributed by atoms with Crippen LogP contribution in [-0.4, -0.2) is 24.5 Å². The zero-order chi connectivity index (χ0) is 12.0. The molecule has 0 aliphatic heterocycles. The highest BCUT2D eigenvalue weighted by Crippen LogP contribution is 2.21. The normalized spacial score (nSPS) is 11.1. The van der Waals surface area contributed by atoms with Gasteiger partial charge in [0.15, 0.2) is 0 Å². The summed E-state index contributed by atoms with van der Waals surface area (Å²) in [5.41, 5.74) is 1.34. The van der Waals surface area contributed by atoms with Gasteiger partial charge < -0.3 is 10.1 Å². The first-order valence-corrected chi connectivity index (χ1v) is 4.98. The molecule has 7 nitrogen and oxygen atoms in total. The minimum atomic E-state index is -0.592. The molecule has 0 spiro atoms. The molecule has 1 aromatic carbocycles. The van der Waals surface area contributed by atoms with Crippen LogP contribution in [0.25, 0.3) is 16.7 Å². The number of fused-ring (bicyclic) bond motifs is 3. The van der Waals surface area contributed by atoms with E-state index in [9.17, 15) is 10.1 Å². The summed E-state index contributed by atoms with van der Waals surface area (Å²) in [6, 6.07) is 5.02. The number of aromatic nitrogens is 4. The van der Waals surface area contributed by atoms with E-state index >= 15 is 0 Å². The largest absolute Gasteiger partial charge is 0.411 e. The molecule has 0 amide bonds. The van der Waals surface area contributed by atoms with Gasteiger partial charge in [-0.2, -0.15) is 0 Å². The molecule has 3 rings (SSSR count). The lowest BCUT2D eigenvalue weighted by Gasteiger charge is -1.99. The summed E-state index contributed by atoms with van der Waals surface area (Å²) < 4.78 is 1.51. The van der Waals surface area contributed by atoms with E-state index in [1.54, 1.807) is 18.2 Å². The van der Waals surface area contributed by atoms with Crippen molar-refractivity contribution in [2.45, 2.75) is 0 Å². The van der Waals surface area contributed by atoms with Crippen LogP contribution in [0.3, 0.4) is 0 Å². The molecular formula is C9H4ClN5O2. The summed E-state index contributed by atoms with van der Waals surface area (Å²) in [4.78, 5) is 13.8. The minimum absolute atomic E-state index is 0.116. The van der Waals surface area contributed by atoms with E-state index in [2.05, 4.69) is 15.2 Å². The van der Waals surface area contributed by atoms with Gasteiger partial charge in [0.25, 0.3) is 5.65 Å². The first kappa shape index (κ1) is 9.91. The van der Waals surface area contributed by atoms with Crippen LogP contribution in [0.2, 0.25) is 5.02 Å². The fraction of sp³-hybridized carbons (Fsp3) is 0. The van der Waals surface area contributed by atoms with Crippen LogP contribution >= 0.6 is 11.6 Å². The third-order valence-corrected chi connectivity index (χ3v) is 2.58. The second-order valence-corrected chi connectivity index (χ2v) is 3.79. The Labute approximate surface area is 98.8 Å². The Kier molecular flexibility index (Phi) is 1.96. The van der Waals surface area contributed by atoms with Crippen molar-refractivity contribution in [2.24, 2.45) is 0 Å². The van der Waals surface area contributed by atoms with Crippen molar-refractivity contribution >= 4 is 34.1 Å². The molecule has 8 heteroatoms. The van der Waals surface area contributed by atoms with Crippen molar-refractivity contribution in [1.82, 2.24) is 19.6 Å². The second-order valence-electron chi connectivity index (χ2n) is 3.35. The van der Waals surface area contributed by atoms with Gasteiger partial charge in [0.1, 0.15) is 5.52 Å². The number of imidazole rings is 1. The third kappa shape index (κ3) is 1.40. The minimum Gasteiger partial charge on any atom is -0.358 e. The van der Waals surface area contributed by atoms with E-state index in [0.717, 1.165) is 0 Å². The van der Waals surface area contributed by atoms with Crippen molar-refractivity contribution in [1.29, 1.82) is 0 Å². The highest BCUT2D eigenvalue weighted by molar-refractivity contribution is 6.31. The Hall–Kier alpha value is -2.28. The molecule has 0 atom stereocenters. The fourth-order valence-corrected chi connectivity index (χ4v) is 1.78. The molecule has 0 aliphatic carbocycles. The van der Waals surface area contributed by atoms with Crippen molar-refractivity contribution in [3.63, 3.8) is 0 Å². The van der Waals surface area contributed by atoms with Crippen LogP contribution in [0.4, 0.5) is 5.82 Å². The molecular weight excluding hydrogens is 246 g/mol. The van der Waals surface area contributed by atoms with Crippen LogP contribution in [-0.2, 0) is 0 Å². The van der Waals surface area contributed by atoms with Gasteiger partial charge in [-0.25, -0.2) is 0 Å². The van der Waals surface area contributed by atoms with Gasteiger partial charge in [0.05, 0.1) is 5.52 Å². The summed E-state index contributed by atoms with van der Waals surface area (Å²) in [5.74, 6) is -0.311. The number of rotatable bonds is 1. The zero-order valence-electron chi connectivity index (χ0n) is 8.24. The van der Waals surface area contributed by atoms with E-state index in [-0.39, 0.29) is 11.5 Å². The summed E-state index contributed by atoms with van der Waals surface area (Å²) in [6.45, 7) is 0. The molecule has 84 valence electrons. The van der Waals surface area contributed by atoms with Gasteiger partial charge in [-0.3, -0.25) is 4.40 Å². The third-order valence-electron chi connectivity index (χ3n) is 2.35. The van der Waals surface area contributed by atoms with Crippen LogP contribution in [0, 0.1) is 10.1 Å². The van der Waals surface area contributed by atoms with Gasteiger partial charge in [-0.15, -0.1) is 10.2 Å². The maximum absolute atomic E-state index is 10.7. The Morgan fingerprint density at radius 1 is 1.35 bits per heavy atom. The molecule has 0 saturated heterocycles. The van der Waals surface area contributed by atoms with Gasteiger partial charge in [0, 0.05) is 5.02 Å². The van der Waals surface area contributed by atoms with Crippen molar-refractivity contribution < 1.29 is 4.92 Å². The number of benzene rings is 1. The molecule has 2 heterocycles. The molecule has 0 bridgehead atoms. The molecule has 0 aliphatic rings. The summed E-state index contributed by atoms with van der Waals surface area (Å²) in [7, 11) is 0. The molecule has 0 fully saturated rings. The quantitative estimate of drug-likeness (QED) is 0.485. The molecule has 2 aromatic heterocycles. The number of hydrogen-bond acceptors (Lipinski definition) is 5. The lowest BCUT2D eigenvalue weighted by atomic mass is 10.3. The molecule has 17 heavy (non-hydrogen) atoms. The maximum atomic E-state index is 10.7. The number of hydrogen-bond donors (Lipinski definition) is 0. The fourth-order valence-electron chi connectivity index (χ4n) is 1.61. The number of nitro groups is 1. The summed E-state index contributed by atoms with van der Waals surface area (Å²) >= 11 is 5.82. The van der Waals surface area contributed by atoms with Crippen LogP contribution < -0.4 is 0 Å². The Morgan fingerprint density at radius 3 is 2.94 bits per heavy atom. The smallest absolute Gasteiger partial charge is 0.358 e. The monoisotopic (exact) mass is 249 g/mol. The van der Waals surface area contributed by atoms with E-state index in [1.165, 1.54) is 10.7 Å². The standard InChI is InChI=1S/C9H4ClN5O2/c10-5-1-2-7-6(3-5)12-13-9-8(15(16)17)11-4-14(7)9/h1-4H. The van der Waals surface area contributed by atoms with E-state index in [0.29, 0.717) is 16.1 Å². The lowest BCUT2D eigenvalue weighted by molar-refractivity contribution is -0.387. The SMILES string of the molecule is O=[N+]([O-])c1ncn2c1nnc1cc(Cl)ccc12. The van der Waals surface area contributed by atoms with Gasteiger partial charge in [-0.1, -0.05) is 11.6 Å². The Balaban J connectivity index is 2.45. The van der Waals surface area contributed by atoms with E-state index in [1.807, 2.05) is 0 Å². The topological polar surface area (TPSA) is 86.2 Å².